The molecule has 0 radical (unpaired) electrons. The summed E-state index contributed by atoms with van der Waals surface area (Å²) in [4.78, 5) is 24.0. The Bertz CT molecular complexity index is 1000. The third-order valence-electron chi connectivity index (χ3n) is 5.84. The number of anilines is 1. The van der Waals surface area contributed by atoms with Crippen LogP contribution in [0.2, 0.25) is 0 Å². The molecule has 3 heterocycles. The predicted octanol–water partition coefficient (Wildman–Crippen LogP) is 3.72. The summed E-state index contributed by atoms with van der Waals surface area (Å²) in [7, 11) is 0. The van der Waals surface area contributed by atoms with E-state index >= 15 is 0 Å². The zero-order valence-electron chi connectivity index (χ0n) is 17.4. The number of nitrogens with one attached hydrogen (secondary N) is 1. The van der Waals surface area contributed by atoms with Gasteiger partial charge in [-0.05, 0) is 45.6 Å². The molecule has 4 rings (SSSR count). The fraction of sp³-hybridized carbons (Fsp3) is 0.435. The van der Waals surface area contributed by atoms with Gasteiger partial charge in [-0.2, -0.15) is 4.98 Å². The Morgan fingerprint density at radius 1 is 1.14 bits per heavy atom. The molecule has 1 saturated heterocycles. The number of amides is 1. The molecule has 152 valence electrons. The molecule has 0 spiro atoms. The molecule has 29 heavy (non-hydrogen) atoms. The fourth-order valence-corrected chi connectivity index (χ4v) is 4.03. The summed E-state index contributed by atoms with van der Waals surface area (Å²) in [5.74, 6) is 2.76. The van der Waals surface area contributed by atoms with Gasteiger partial charge in [-0.25, -0.2) is 4.98 Å². The highest BCUT2D eigenvalue weighted by Gasteiger charge is 2.28. The Morgan fingerprint density at radius 2 is 1.86 bits per heavy atom. The highest BCUT2D eigenvalue weighted by molar-refractivity contribution is 5.90. The highest BCUT2D eigenvalue weighted by atomic mass is 16.3. The number of carbonyl (C=O) groups is 1. The Hall–Kier alpha value is -2.89. The van der Waals surface area contributed by atoms with Gasteiger partial charge in [0, 0.05) is 31.1 Å². The molecule has 0 unspecified atom stereocenters. The minimum absolute atomic E-state index is 0.0626. The number of aromatic nitrogens is 2. The Kier molecular flexibility index (Phi) is 5.51. The maximum atomic E-state index is 12.6. The third kappa shape index (κ3) is 4.11. The van der Waals surface area contributed by atoms with Crippen LogP contribution in [0.15, 0.2) is 34.7 Å². The molecule has 3 aromatic rings. The van der Waals surface area contributed by atoms with Gasteiger partial charge in [-0.3, -0.25) is 4.79 Å². The zero-order chi connectivity index (χ0) is 20.4. The van der Waals surface area contributed by atoms with Gasteiger partial charge in [0.15, 0.2) is 0 Å². The van der Waals surface area contributed by atoms with Gasteiger partial charge >= 0.3 is 0 Å². The SMILES string of the molecule is Cc1nc(N2CCC(C(=O)NCCc3ccccc3)CC2)c2c(C)c(C)oc2n1. The molecule has 0 bridgehead atoms. The molecular formula is C23H28N4O2. The summed E-state index contributed by atoms with van der Waals surface area (Å²) in [6.45, 7) is 8.21. The summed E-state index contributed by atoms with van der Waals surface area (Å²) in [6.07, 6.45) is 2.53. The smallest absolute Gasteiger partial charge is 0.231 e. The van der Waals surface area contributed by atoms with Gasteiger partial charge < -0.3 is 14.6 Å². The summed E-state index contributed by atoms with van der Waals surface area (Å²) >= 11 is 0. The lowest BCUT2D eigenvalue weighted by Crippen LogP contribution is -2.41. The van der Waals surface area contributed by atoms with Gasteiger partial charge in [-0.15, -0.1) is 0 Å². The van der Waals surface area contributed by atoms with Crippen LogP contribution in [0, 0.1) is 26.7 Å². The molecule has 1 aliphatic rings. The first kappa shape index (κ1) is 19.4. The molecule has 1 aromatic carbocycles. The molecule has 2 aromatic heterocycles. The first-order chi connectivity index (χ1) is 14.0. The normalized spacial score (nSPS) is 15.1. The highest BCUT2D eigenvalue weighted by Crippen LogP contribution is 2.33. The van der Waals surface area contributed by atoms with E-state index < -0.39 is 0 Å². The Balaban J connectivity index is 1.37. The predicted molar refractivity (Wildman–Crippen MR) is 114 cm³/mol. The van der Waals surface area contributed by atoms with Gasteiger partial charge in [0.25, 0.3) is 0 Å². The summed E-state index contributed by atoms with van der Waals surface area (Å²) in [5, 5.41) is 4.11. The van der Waals surface area contributed by atoms with Crippen LogP contribution in [-0.4, -0.2) is 35.5 Å². The van der Waals surface area contributed by atoms with Crippen molar-refractivity contribution in [2.75, 3.05) is 24.5 Å². The van der Waals surface area contributed by atoms with Crippen molar-refractivity contribution in [2.24, 2.45) is 5.92 Å². The van der Waals surface area contributed by atoms with Crippen molar-refractivity contribution in [1.29, 1.82) is 0 Å². The van der Waals surface area contributed by atoms with Gasteiger partial charge in [-0.1, -0.05) is 30.3 Å². The van der Waals surface area contributed by atoms with E-state index in [0.717, 1.165) is 54.9 Å². The minimum Gasteiger partial charge on any atom is -0.443 e. The lowest BCUT2D eigenvalue weighted by Gasteiger charge is -2.32. The van der Waals surface area contributed by atoms with Crippen LogP contribution in [0.1, 0.15) is 35.6 Å². The number of fused-ring (bicyclic) bond motifs is 1. The number of carbonyl (C=O) groups excluding carboxylic acids is 1. The average Bonchev–Trinajstić information content (AvgIpc) is 3.01. The number of nitrogens with zero attached hydrogens (tertiary/aromatic N) is 3. The van der Waals surface area contributed by atoms with Gasteiger partial charge in [0.1, 0.15) is 17.4 Å². The van der Waals surface area contributed by atoms with E-state index in [1.54, 1.807) is 0 Å². The van der Waals surface area contributed by atoms with E-state index in [-0.39, 0.29) is 11.8 Å². The number of aryl methyl sites for hydroxylation is 3. The van der Waals surface area contributed by atoms with Gasteiger partial charge in [0.05, 0.1) is 5.39 Å². The first-order valence-corrected chi connectivity index (χ1v) is 10.3. The second-order valence-electron chi connectivity index (χ2n) is 7.85. The van der Waals surface area contributed by atoms with E-state index in [2.05, 4.69) is 34.3 Å². The number of hydrogen-bond donors (Lipinski definition) is 1. The summed E-state index contributed by atoms with van der Waals surface area (Å²) < 4.78 is 5.81. The Labute approximate surface area is 171 Å². The molecule has 0 saturated carbocycles. The second-order valence-corrected chi connectivity index (χ2v) is 7.85. The number of hydrogen-bond acceptors (Lipinski definition) is 5. The molecule has 1 fully saturated rings. The number of piperidine rings is 1. The van der Waals surface area contributed by atoms with E-state index in [9.17, 15) is 4.79 Å². The van der Waals surface area contributed by atoms with E-state index in [4.69, 9.17) is 9.40 Å². The lowest BCUT2D eigenvalue weighted by atomic mass is 9.95. The molecule has 6 nitrogen and oxygen atoms in total. The van der Waals surface area contributed by atoms with Crippen LogP contribution in [0.3, 0.4) is 0 Å². The van der Waals surface area contributed by atoms with Gasteiger partial charge in [0.2, 0.25) is 11.6 Å². The second kappa shape index (κ2) is 8.23. The van der Waals surface area contributed by atoms with Crippen LogP contribution < -0.4 is 10.2 Å². The number of benzene rings is 1. The lowest BCUT2D eigenvalue weighted by molar-refractivity contribution is -0.125. The molecule has 1 aliphatic heterocycles. The number of rotatable bonds is 5. The quantitative estimate of drug-likeness (QED) is 0.716. The van der Waals surface area contributed by atoms with Crippen molar-refractivity contribution in [3.05, 3.63) is 53.0 Å². The third-order valence-corrected chi connectivity index (χ3v) is 5.84. The van der Waals surface area contributed by atoms with Crippen molar-refractivity contribution in [3.63, 3.8) is 0 Å². The van der Waals surface area contributed by atoms with Crippen molar-refractivity contribution in [1.82, 2.24) is 15.3 Å². The van der Waals surface area contributed by atoms with E-state index in [1.165, 1.54) is 5.56 Å². The Morgan fingerprint density at radius 3 is 2.59 bits per heavy atom. The van der Waals surface area contributed by atoms with Crippen LogP contribution in [0.25, 0.3) is 11.1 Å². The van der Waals surface area contributed by atoms with E-state index in [0.29, 0.717) is 18.1 Å². The summed E-state index contributed by atoms with van der Waals surface area (Å²) in [6, 6.07) is 10.3. The van der Waals surface area contributed by atoms with Crippen molar-refractivity contribution < 1.29 is 9.21 Å². The largest absolute Gasteiger partial charge is 0.443 e. The van der Waals surface area contributed by atoms with Crippen molar-refractivity contribution >= 4 is 22.8 Å². The molecule has 6 heteroatoms. The maximum Gasteiger partial charge on any atom is 0.231 e. The molecular weight excluding hydrogens is 364 g/mol. The average molecular weight is 393 g/mol. The molecule has 1 amide bonds. The first-order valence-electron chi connectivity index (χ1n) is 10.3. The topological polar surface area (TPSA) is 71.3 Å². The monoisotopic (exact) mass is 392 g/mol. The summed E-state index contributed by atoms with van der Waals surface area (Å²) in [5.41, 5.74) is 3.00. The van der Waals surface area contributed by atoms with Crippen LogP contribution in [-0.2, 0) is 11.2 Å². The van der Waals surface area contributed by atoms with Crippen molar-refractivity contribution in [2.45, 2.75) is 40.0 Å². The molecule has 0 aliphatic carbocycles. The maximum absolute atomic E-state index is 12.6. The van der Waals surface area contributed by atoms with E-state index in [1.807, 2.05) is 32.0 Å². The standard InChI is InChI=1S/C23H28N4O2/c1-15-16(2)29-23-20(15)21(25-17(3)26-23)27-13-10-19(11-14-27)22(28)24-12-9-18-7-5-4-6-8-18/h4-8,19H,9-14H2,1-3H3,(H,24,28). The molecule has 1 N–H and O–H groups in total. The van der Waals surface area contributed by atoms with Crippen LogP contribution in [0.4, 0.5) is 5.82 Å². The number of furan rings is 1. The molecule has 0 atom stereocenters. The minimum atomic E-state index is 0.0626. The van der Waals surface area contributed by atoms with Crippen molar-refractivity contribution in [3.8, 4) is 0 Å². The van der Waals surface area contributed by atoms with Crippen LogP contribution in [0.5, 0.6) is 0 Å². The van der Waals surface area contributed by atoms with Crippen LogP contribution >= 0.6 is 0 Å². The zero-order valence-corrected chi connectivity index (χ0v) is 17.4. The fourth-order valence-electron chi connectivity index (χ4n) is 4.03.